The van der Waals surface area contributed by atoms with Crippen LogP contribution in [0.3, 0.4) is 0 Å². The van der Waals surface area contributed by atoms with Crippen molar-refractivity contribution < 1.29 is 23.8 Å². The molecule has 5 rings (SSSR count). The van der Waals surface area contributed by atoms with Crippen LogP contribution in [0.25, 0.3) is 0 Å². The van der Waals surface area contributed by atoms with Gasteiger partial charge in [-0.05, 0) is 80.8 Å². The van der Waals surface area contributed by atoms with Crippen molar-refractivity contribution in [2.24, 2.45) is 17.3 Å². The summed E-state index contributed by atoms with van der Waals surface area (Å²) in [5, 5.41) is 9.71. The summed E-state index contributed by atoms with van der Waals surface area (Å²) in [7, 11) is 0. The molecule has 1 aliphatic heterocycles. The molecule has 4 unspecified atom stereocenters. The van der Waals surface area contributed by atoms with Gasteiger partial charge in [-0.1, -0.05) is 26.0 Å². The van der Waals surface area contributed by atoms with Crippen LogP contribution in [0.4, 0.5) is 4.39 Å². The number of benzene rings is 1. The summed E-state index contributed by atoms with van der Waals surface area (Å²) in [6, 6.07) is 3.00. The van der Waals surface area contributed by atoms with E-state index in [4.69, 9.17) is 4.74 Å². The van der Waals surface area contributed by atoms with E-state index in [1.54, 1.807) is 6.07 Å². The number of hydrogen-bond donors (Lipinski definition) is 1. The standard InChI is InChI=1S/C27H34FNO4/c1-4-26(12-16(2)9-17(3)13-26)15-33-23-11-22(28)21(10-20(23)18-5-6-18)24(30)29-8-7-19-14-27(19,29)25(31)32/h10-11,17-19H,2,4-9,12-15H2,1,3H3,(H,31,32). The highest BCUT2D eigenvalue weighted by Gasteiger charge is 2.69. The van der Waals surface area contributed by atoms with Gasteiger partial charge in [0.15, 0.2) is 0 Å². The lowest BCUT2D eigenvalue weighted by Crippen LogP contribution is -2.45. The summed E-state index contributed by atoms with van der Waals surface area (Å²) in [6.45, 7) is 9.53. The molecule has 1 aromatic carbocycles. The quantitative estimate of drug-likeness (QED) is 0.548. The van der Waals surface area contributed by atoms with Gasteiger partial charge in [0.25, 0.3) is 5.91 Å². The minimum absolute atomic E-state index is 0.00490. The number of rotatable bonds is 7. The SMILES string of the molecule is C=C1CC(C)CC(CC)(COc2cc(F)c(C(=O)N3CCC4CC43C(=O)O)cc2C2CC2)C1. The number of amides is 1. The summed E-state index contributed by atoms with van der Waals surface area (Å²) in [6.07, 6.45) is 7.14. The van der Waals surface area contributed by atoms with Gasteiger partial charge >= 0.3 is 5.97 Å². The van der Waals surface area contributed by atoms with Gasteiger partial charge in [0.1, 0.15) is 17.1 Å². The highest BCUT2D eigenvalue weighted by Crippen LogP contribution is 2.56. The number of nitrogens with zero attached hydrogens (tertiary/aromatic N) is 1. The number of carboxylic acids is 1. The van der Waals surface area contributed by atoms with Gasteiger partial charge in [0, 0.05) is 18.0 Å². The van der Waals surface area contributed by atoms with Gasteiger partial charge in [-0.25, -0.2) is 9.18 Å². The third-order valence-electron chi connectivity index (χ3n) is 8.55. The molecule has 1 amide bonds. The fraction of sp³-hybridized carbons (Fsp3) is 0.630. The first-order valence-electron chi connectivity index (χ1n) is 12.4. The third kappa shape index (κ3) is 3.75. The van der Waals surface area contributed by atoms with Gasteiger partial charge in [-0.15, -0.1) is 0 Å². The summed E-state index contributed by atoms with van der Waals surface area (Å²) < 4.78 is 21.6. The molecule has 1 aromatic rings. The first-order chi connectivity index (χ1) is 15.7. The Hall–Kier alpha value is -2.37. The maximum atomic E-state index is 15.3. The Kier molecular flexibility index (Phi) is 5.33. The van der Waals surface area contributed by atoms with Crippen molar-refractivity contribution in [2.45, 2.75) is 76.7 Å². The smallest absolute Gasteiger partial charge is 0.329 e. The lowest BCUT2D eigenvalue weighted by Gasteiger charge is -2.40. The van der Waals surface area contributed by atoms with Crippen molar-refractivity contribution in [3.63, 3.8) is 0 Å². The van der Waals surface area contributed by atoms with Crippen LogP contribution >= 0.6 is 0 Å². The Morgan fingerprint density at radius 2 is 2.03 bits per heavy atom. The van der Waals surface area contributed by atoms with Crippen molar-refractivity contribution >= 4 is 11.9 Å². The minimum atomic E-state index is -1.13. The number of aliphatic carboxylic acids is 1. The van der Waals surface area contributed by atoms with Crippen LogP contribution in [0.15, 0.2) is 24.3 Å². The molecule has 3 saturated carbocycles. The van der Waals surface area contributed by atoms with Gasteiger partial charge in [0.05, 0.1) is 12.2 Å². The fourth-order valence-corrected chi connectivity index (χ4v) is 6.54. The van der Waals surface area contributed by atoms with Gasteiger partial charge in [-0.3, -0.25) is 4.79 Å². The van der Waals surface area contributed by atoms with Gasteiger partial charge < -0.3 is 14.7 Å². The van der Waals surface area contributed by atoms with E-state index in [1.807, 2.05) is 0 Å². The predicted octanol–water partition coefficient (Wildman–Crippen LogP) is 5.54. The first-order valence-corrected chi connectivity index (χ1v) is 12.4. The number of carbonyl (C=O) groups is 2. The molecule has 0 spiro atoms. The lowest BCUT2D eigenvalue weighted by molar-refractivity contribution is -0.143. The molecule has 4 fully saturated rings. The van der Waals surface area contributed by atoms with Crippen LogP contribution in [0, 0.1) is 23.1 Å². The van der Waals surface area contributed by atoms with Gasteiger partial charge in [-0.2, -0.15) is 0 Å². The number of carbonyl (C=O) groups excluding carboxylic acids is 1. The van der Waals surface area contributed by atoms with E-state index < -0.39 is 23.2 Å². The number of piperidine rings is 1. The Morgan fingerprint density at radius 3 is 2.64 bits per heavy atom. The molecule has 1 N–H and O–H groups in total. The number of fused-ring (bicyclic) bond motifs is 1. The number of ether oxygens (including phenoxy) is 1. The molecule has 0 radical (unpaired) electrons. The Morgan fingerprint density at radius 1 is 1.27 bits per heavy atom. The molecule has 178 valence electrons. The molecule has 0 bridgehead atoms. The topological polar surface area (TPSA) is 66.8 Å². The zero-order chi connectivity index (χ0) is 23.5. The average Bonchev–Trinajstić information content (AvgIpc) is 3.69. The molecule has 4 aliphatic rings. The Labute approximate surface area is 195 Å². The summed E-state index contributed by atoms with van der Waals surface area (Å²) in [5.41, 5.74) is 0.980. The van der Waals surface area contributed by atoms with Crippen LogP contribution in [0.1, 0.15) is 87.1 Å². The largest absolute Gasteiger partial charge is 0.493 e. The van der Waals surface area contributed by atoms with Crippen LogP contribution in [-0.4, -0.2) is 40.6 Å². The van der Waals surface area contributed by atoms with E-state index in [0.29, 0.717) is 37.7 Å². The third-order valence-corrected chi connectivity index (χ3v) is 8.55. The van der Waals surface area contributed by atoms with Crippen LogP contribution in [-0.2, 0) is 4.79 Å². The van der Waals surface area contributed by atoms with E-state index >= 15 is 4.39 Å². The molecule has 33 heavy (non-hydrogen) atoms. The molecule has 0 aromatic heterocycles. The van der Waals surface area contributed by atoms with E-state index in [2.05, 4.69) is 20.4 Å². The maximum Gasteiger partial charge on any atom is 0.329 e. The maximum absolute atomic E-state index is 15.3. The molecular formula is C27H34FNO4. The number of carboxylic acid groups (broad SMARTS) is 1. The monoisotopic (exact) mass is 455 g/mol. The summed E-state index contributed by atoms with van der Waals surface area (Å²) in [4.78, 5) is 26.5. The zero-order valence-electron chi connectivity index (χ0n) is 19.7. The molecule has 5 nitrogen and oxygen atoms in total. The van der Waals surface area contributed by atoms with E-state index in [-0.39, 0.29) is 22.8 Å². The molecular weight excluding hydrogens is 421 g/mol. The van der Waals surface area contributed by atoms with Crippen molar-refractivity contribution in [2.75, 3.05) is 13.2 Å². The highest BCUT2D eigenvalue weighted by molar-refractivity contribution is 6.00. The second-order valence-electron chi connectivity index (χ2n) is 11.1. The second-order valence-corrected chi connectivity index (χ2v) is 11.1. The van der Waals surface area contributed by atoms with E-state index in [9.17, 15) is 14.7 Å². The number of halogens is 1. The summed E-state index contributed by atoms with van der Waals surface area (Å²) in [5.74, 6) is -0.767. The van der Waals surface area contributed by atoms with Crippen LogP contribution in [0.5, 0.6) is 5.75 Å². The van der Waals surface area contributed by atoms with Crippen LogP contribution < -0.4 is 4.74 Å². The van der Waals surface area contributed by atoms with Gasteiger partial charge in [0.2, 0.25) is 0 Å². The van der Waals surface area contributed by atoms with Crippen molar-refractivity contribution in [1.82, 2.24) is 4.90 Å². The fourth-order valence-electron chi connectivity index (χ4n) is 6.54. The lowest BCUT2D eigenvalue weighted by atomic mass is 9.67. The molecule has 6 heteroatoms. The van der Waals surface area contributed by atoms with Crippen LogP contribution in [0.2, 0.25) is 0 Å². The Bertz CT molecular complexity index is 1020. The average molecular weight is 456 g/mol. The van der Waals surface area contributed by atoms with Crippen molar-refractivity contribution in [3.05, 3.63) is 41.2 Å². The molecule has 4 atom stereocenters. The molecule has 3 aliphatic carbocycles. The normalized spacial score (nSPS) is 33.1. The number of likely N-dealkylation sites (tertiary alicyclic amines) is 1. The van der Waals surface area contributed by atoms with Crippen molar-refractivity contribution in [3.8, 4) is 5.75 Å². The van der Waals surface area contributed by atoms with E-state index in [1.165, 1.54) is 16.5 Å². The molecule has 1 saturated heterocycles. The minimum Gasteiger partial charge on any atom is -0.493 e. The highest BCUT2D eigenvalue weighted by atomic mass is 19.1. The zero-order valence-corrected chi connectivity index (χ0v) is 19.7. The second kappa shape index (κ2) is 7.85. The van der Waals surface area contributed by atoms with Crippen molar-refractivity contribution in [1.29, 1.82) is 0 Å². The first kappa shape index (κ1) is 22.4. The summed E-state index contributed by atoms with van der Waals surface area (Å²) >= 11 is 0. The number of hydrogen-bond acceptors (Lipinski definition) is 3. The Balaban J connectivity index is 1.40. The molecule has 1 heterocycles. The predicted molar refractivity (Wildman–Crippen MR) is 123 cm³/mol. The van der Waals surface area contributed by atoms with E-state index in [0.717, 1.165) is 44.1 Å². The number of allylic oxidation sites excluding steroid dienone is 1.